The number of ether oxygens (including phenoxy) is 2. The predicted octanol–water partition coefficient (Wildman–Crippen LogP) is 4.80. The second-order valence-corrected chi connectivity index (χ2v) is 8.71. The first-order valence-corrected chi connectivity index (χ1v) is 10.5. The second-order valence-electron chi connectivity index (χ2n) is 7.61. The molecule has 1 aromatic carbocycles. The maximum Gasteiger partial charge on any atom is 0.341 e. The van der Waals surface area contributed by atoms with Gasteiger partial charge < -0.3 is 14.8 Å². The molecule has 5 nitrogen and oxygen atoms in total. The maximum atomic E-state index is 12.4. The number of nitrogens with one attached hydrogen (secondary N) is 1. The lowest BCUT2D eigenvalue weighted by Gasteiger charge is -2.18. The van der Waals surface area contributed by atoms with E-state index in [0.717, 1.165) is 24.8 Å². The van der Waals surface area contributed by atoms with Gasteiger partial charge in [-0.25, -0.2) is 4.79 Å². The minimum Gasteiger partial charge on any atom is -0.484 e. The highest BCUT2D eigenvalue weighted by Gasteiger charge is 2.28. The van der Waals surface area contributed by atoms with Gasteiger partial charge in [-0.15, -0.1) is 11.3 Å². The Bertz CT molecular complexity index is 854. The monoisotopic (exact) mass is 401 g/mol. The van der Waals surface area contributed by atoms with E-state index in [4.69, 9.17) is 9.47 Å². The molecule has 1 aliphatic carbocycles. The number of benzene rings is 1. The molecule has 1 heterocycles. The van der Waals surface area contributed by atoms with Crippen molar-refractivity contribution in [1.82, 2.24) is 0 Å². The van der Waals surface area contributed by atoms with Crippen molar-refractivity contribution in [2.24, 2.45) is 5.92 Å². The quantitative estimate of drug-likeness (QED) is 0.706. The molecule has 0 unspecified atom stereocenters. The van der Waals surface area contributed by atoms with Crippen LogP contribution in [-0.4, -0.2) is 25.6 Å². The molecule has 1 amide bonds. The average molecular weight is 402 g/mol. The lowest BCUT2D eigenvalue weighted by atomic mass is 9.88. The molecule has 1 atom stereocenters. The molecule has 0 aliphatic heterocycles. The first kappa shape index (κ1) is 20.4. The van der Waals surface area contributed by atoms with Gasteiger partial charge in [0, 0.05) is 4.88 Å². The number of carbonyl (C=O) groups is 2. The molecule has 6 heteroatoms. The summed E-state index contributed by atoms with van der Waals surface area (Å²) < 4.78 is 10.6. The molecule has 28 heavy (non-hydrogen) atoms. The Balaban J connectivity index is 1.69. The molecule has 1 aromatic heterocycles. The number of amides is 1. The Morgan fingerprint density at radius 1 is 1.25 bits per heavy atom. The normalized spacial score (nSPS) is 15.8. The van der Waals surface area contributed by atoms with Crippen molar-refractivity contribution in [2.75, 3.05) is 19.0 Å². The number of rotatable bonds is 6. The molecular weight excluding hydrogens is 374 g/mol. The molecule has 0 fully saturated rings. The number of esters is 1. The third-order valence-electron chi connectivity index (χ3n) is 5.07. The van der Waals surface area contributed by atoms with Crippen molar-refractivity contribution in [3.63, 3.8) is 0 Å². The third kappa shape index (κ3) is 4.55. The fourth-order valence-corrected chi connectivity index (χ4v) is 4.83. The van der Waals surface area contributed by atoms with Crippen molar-refractivity contribution < 1.29 is 19.1 Å². The van der Waals surface area contributed by atoms with Crippen LogP contribution in [0.15, 0.2) is 24.3 Å². The number of thiophene rings is 1. The minimum atomic E-state index is -0.396. The molecule has 150 valence electrons. The van der Waals surface area contributed by atoms with Gasteiger partial charge in [0.25, 0.3) is 5.91 Å². The summed E-state index contributed by atoms with van der Waals surface area (Å²) in [5.74, 6) is 0.989. The lowest BCUT2D eigenvalue weighted by molar-refractivity contribution is -0.118. The van der Waals surface area contributed by atoms with Gasteiger partial charge in [-0.2, -0.15) is 0 Å². The van der Waals surface area contributed by atoms with E-state index in [9.17, 15) is 9.59 Å². The summed E-state index contributed by atoms with van der Waals surface area (Å²) in [5, 5.41) is 3.42. The Labute approximate surface area is 170 Å². The number of anilines is 1. The lowest BCUT2D eigenvalue weighted by Crippen LogP contribution is -2.21. The summed E-state index contributed by atoms with van der Waals surface area (Å²) in [6.45, 7) is 6.35. The molecule has 3 rings (SSSR count). The van der Waals surface area contributed by atoms with Crippen molar-refractivity contribution in [3.05, 3.63) is 45.8 Å². The van der Waals surface area contributed by atoms with Gasteiger partial charge in [0.2, 0.25) is 0 Å². The van der Waals surface area contributed by atoms with Crippen LogP contribution in [-0.2, 0) is 22.4 Å². The van der Waals surface area contributed by atoms with E-state index in [-0.39, 0.29) is 12.5 Å². The van der Waals surface area contributed by atoms with Crippen LogP contribution < -0.4 is 10.1 Å². The SMILES string of the molecule is COC(=O)c1c(NC(=O)COc2ccc(C(C)C)cc2)sc2c1CC[C@@H](C)C2. The van der Waals surface area contributed by atoms with E-state index < -0.39 is 5.97 Å². The molecule has 1 N–H and O–H groups in total. The molecule has 0 bridgehead atoms. The Kier molecular flexibility index (Phi) is 6.39. The highest BCUT2D eigenvalue weighted by atomic mass is 32.1. The largest absolute Gasteiger partial charge is 0.484 e. The zero-order chi connectivity index (χ0) is 20.3. The van der Waals surface area contributed by atoms with Crippen LogP contribution >= 0.6 is 11.3 Å². The second kappa shape index (κ2) is 8.78. The van der Waals surface area contributed by atoms with E-state index in [2.05, 4.69) is 26.1 Å². The van der Waals surface area contributed by atoms with Crippen LogP contribution in [0.4, 0.5) is 5.00 Å². The number of methoxy groups -OCH3 is 1. The van der Waals surface area contributed by atoms with Gasteiger partial charge in [-0.3, -0.25) is 4.79 Å². The summed E-state index contributed by atoms with van der Waals surface area (Å²) in [5.41, 5.74) is 2.75. The van der Waals surface area contributed by atoms with Gasteiger partial charge in [-0.05, 0) is 54.4 Å². The van der Waals surface area contributed by atoms with Gasteiger partial charge >= 0.3 is 5.97 Å². The topological polar surface area (TPSA) is 64.6 Å². The molecule has 2 aromatic rings. The van der Waals surface area contributed by atoms with Crippen molar-refractivity contribution in [2.45, 2.75) is 46.0 Å². The smallest absolute Gasteiger partial charge is 0.341 e. The summed E-state index contributed by atoms with van der Waals surface area (Å²) in [4.78, 5) is 25.9. The molecule has 0 saturated heterocycles. The number of carbonyl (C=O) groups excluding carboxylic acids is 2. The third-order valence-corrected chi connectivity index (χ3v) is 6.24. The van der Waals surface area contributed by atoms with Crippen LogP contribution in [0.1, 0.15) is 59.5 Å². The summed E-state index contributed by atoms with van der Waals surface area (Å²) in [6.07, 6.45) is 2.81. The Hall–Kier alpha value is -2.34. The molecule has 0 spiro atoms. The van der Waals surface area contributed by atoms with Crippen molar-refractivity contribution >= 4 is 28.2 Å². The van der Waals surface area contributed by atoms with Crippen LogP contribution in [0.5, 0.6) is 5.75 Å². The van der Waals surface area contributed by atoms with Crippen LogP contribution in [0.2, 0.25) is 0 Å². The summed E-state index contributed by atoms with van der Waals surface area (Å²) in [6, 6.07) is 7.74. The molecule has 0 saturated carbocycles. The molecular formula is C22H27NO4S. The van der Waals surface area contributed by atoms with Gasteiger partial charge in [-0.1, -0.05) is 32.9 Å². The fourth-order valence-electron chi connectivity index (χ4n) is 3.42. The highest BCUT2D eigenvalue weighted by molar-refractivity contribution is 7.17. The van der Waals surface area contributed by atoms with Crippen LogP contribution in [0.25, 0.3) is 0 Å². The summed E-state index contributed by atoms with van der Waals surface area (Å²) in [7, 11) is 1.37. The first-order valence-electron chi connectivity index (χ1n) is 9.64. The zero-order valence-electron chi connectivity index (χ0n) is 16.8. The maximum absolute atomic E-state index is 12.4. The molecule has 0 radical (unpaired) electrons. The Morgan fingerprint density at radius 2 is 1.96 bits per heavy atom. The van der Waals surface area contributed by atoms with E-state index in [1.54, 1.807) is 0 Å². The van der Waals surface area contributed by atoms with Crippen molar-refractivity contribution in [3.8, 4) is 5.75 Å². The number of fused-ring (bicyclic) bond motifs is 1. The van der Waals surface area contributed by atoms with Gasteiger partial charge in [0.1, 0.15) is 10.8 Å². The van der Waals surface area contributed by atoms with Gasteiger partial charge in [0.05, 0.1) is 12.7 Å². The predicted molar refractivity (Wildman–Crippen MR) is 112 cm³/mol. The zero-order valence-corrected chi connectivity index (χ0v) is 17.7. The summed E-state index contributed by atoms with van der Waals surface area (Å²) >= 11 is 1.48. The minimum absolute atomic E-state index is 0.111. The van der Waals surface area contributed by atoms with E-state index in [1.165, 1.54) is 28.9 Å². The number of hydrogen-bond acceptors (Lipinski definition) is 5. The number of hydrogen-bond donors (Lipinski definition) is 1. The van der Waals surface area contributed by atoms with Crippen LogP contribution in [0.3, 0.4) is 0 Å². The molecule has 1 aliphatic rings. The fraction of sp³-hybridized carbons (Fsp3) is 0.455. The van der Waals surface area contributed by atoms with E-state index in [0.29, 0.717) is 28.1 Å². The highest BCUT2D eigenvalue weighted by Crippen LogP contribution is 2.40. The van der Waals surface area contributed by atoms with Gasteiger partial charge in [0.15, 0.2) is 6.61 Å². The van der Waals surface area contributed by atoms with Crippen LogP contribution in [0, 0.1) is 5.92 Å². The van der Waals surface area contributed by atoms with Crippen molar-refractivity contribution in [1.29, 1.82) is 0 Å². The average Bonchev–Trinajstić information content (AvgIpc) is 3.02. The Morgan fingerprint density at radius 3 is 2.61 bits per heavy atom. The first-order chi connectivity index (χ1) is 13.4. The van der Waals surface area contributed by atoms with E-state index in [1.807, 2.05) is 24.3 Å². The standard InChI is InChI=1S/C22H27NO4S/c1-13(2)15-6-8-16(9-7-15)27-12-19(24)23-21-20(22(25)26-4)17-10-5-14(3)11-18(17)28-21/h6-9,13-14H,5,10-12H2,1-4H3,(H,23,24)/t14-/m1/s1. The van der Waals surface area contributed by atoms with E-state index >= 15 is 0 Å².